The molecule has 0 aliphatic heterocycles. The molecule has 0 radical (unpaired) electrons. The first-order chi connectivity index (χ1) is 11.0. The molecule has 3 rings (SSSR count). The molecule has 0 amide bonds. The van der Waals surface area contributed by atoms with Gasteiger partial charge in [0.1, 0.15) is 12.0 Å². The SMILES string of the molecule is Cc1nocc1-c1ccc(NC2CCC(O)CC2)c([N+](=O)[O-])c1. The Labute approximate surface area is 133 Å². The van der Waals surface area contributed by atoms with Gasteiger partial charge < -0.3 is 14.9 Å². The smallest absolute Gasteiger partial charge is 0.292 e. The van der Waals surface area contributed by atoms with Gasteiger partial charge >= 0.3 is 0 Å². The molecule has 1 aliphatic carbocycles. The minimum atomic E-state index is -0.383. The van der Waals surface area contributed by atoms with Crippen molar-refractivity contribution in [3.05, 3.63) is 40.3 Å². The molecular weight excluding hydrogens is 298 g/mol. The molecule has 1 saturated carbocycles. The van der Waals surface area contributed by atoms with Crippen LogP contribution in [0.4, 0.5) is 11.4 Å². The van der Waals surface area contributed by atoms with Crippen molar-refractivity contribution in [2.24, 2.45) is 0 Å². The first-order valence-corrected chi connectivity index (χ1v) is 7.69. The summed E-state index contributed by atoms with van der Waals surface area (Å²) in [7, 11) is 0. The van der Waals surface area contributed by atoms with Gasteiger partial charge in [0.05, 0.1) is 16.7 Å². The highest BCUT2D eigenvalue weighted by Gasteiger charge is 2.23. The average molecular weight is 317 g/mol. The van der Waals surface area contributed by atoms with Crippen LogP contribution in [-0.2, 0) is 0 Å². The van der Waals surface area contributed by atoms with Gasteiger partial charge in [-0.2, -0.15) is 0 Å². The zero-order valence-corrected chi connectivity index (χ0v) is 12.9. The predicted molar refractivity (Wildman–Crippen MR) is 85.2 cm³/mol. The lowest BCUT2D eigenvalue weighted by Gasteiger charge is -2.26. The number of benzene rings is 1. The van der Waals surface area contributed by atoms with Crippen molar-refractivity contribution >= 4 is 11.4 Å². The predicted octanol–water partition coefficient (Wildman–Crippen LogP) is 3.27. The fraction of sp³-hybridized carbons (Fsp3) is 0.438. The minimum Gasteiger partial charge on any atom is -0.393 e. The summed E-state index contributed by atoms with van der Waals surface area (Å²) in [5, 5.41) is 28.0. The molecule has 1 heterocycles. The number of aromatic nitrogens is 1. The van der Waals surface area contributed by atoms with Gasteiger partial charge in [-0.05, 0) is 44.2 Å². The summed E-state index contributed by atoms with van der Waals surface area (Å²) in [4.78, 5) is 11.0. The second kappa shape index (κ2) is 6.37. The highest BCUT2D eigenvalue weighted by Crippen LogP contribution is 2.33. The molecule has 0 atom stereocenters. The van der Waals surface area contributed by atoms with E-state index >= 15 is 0 Å². The monoisotopic (exact) mass is 317 g/mol. The van der Waals surface area contributed by atoms with Gasteiger partial charge in [-0.25, -0.2) is 0 Å². The normalized spacial score (nSPS) is 21.1. The largest absolute Gasteiger partial charge is 0.393 e. The van der Waals surface area contributed by atoms with Gasteiger partial charge in [0.25, 0.3) is 5.69 Å². The first-order valence-electron chi connectivity index (χ1n) is 7.69. The summed E-state index contributed by atoms with van der Waals surface area (Å²) in [6.07, 6.45) is 4.31. The standard InChI is InChI=1S/C16H19N3O4/c1-10-14(9-23-18-10)11-2-7-15(16(8-11)19(21)22)17-12-3-5-13(20)6-4-12/h2,7-9,12-13,17,20H,3-6H2,1H3. The average Bonchev–Trinajstić information content (AvgIpc) is 2.96. The number of nitro groups is 1. The van der Waals surface area contributed by atoms with Crippen molar-refractivity contribution < 1.29 is 14.6 Å². The van der Waals surface area contributed by atoms with E-state index in [2.05, 4.69) is 10.5 Å². The molecule has 7 heteroatoms. The number of nitro benzene ring substituents is 1. The Morgan fingerprint density at radius 1 is 1.35 bits per heavy atom. The van der Waals surface area contributed by atoms with Gasteiger partial charge in [-0.3, -0.25) is 10.1 Å². The molecule has 122 valence electrons. The Bertz CT molecular complexity index is 705. The van der Waals surface area contributed by atoms with Gasteiger partial charge in [-0.15, -0.1) is 0 Å². The van der Waals surface area contributed by atoms with Crippen molar-refractivity contribution in [3.8, 4) is 11.1 Å². The van der Waals surface area contributed by atoms with E-state index in [4.69, 9.17) is 4.52 Å². The molecule has 0 unspecified atom stereocenters. The summed E-state index contributed by atoms with van der Waals surface area (Å²) in [5.74, 6) is 0. The van der Waals surface area contributed by atoms with E-state index in [0.29, 0.717) is 16.9 Å². The van der Waals surface area contributed by atoms with Crippen LogP contribution in [-0.4, -0.2) is 27.3 Å². The van der Waals surface area contributed by atoms with E-state index in [1.165, 1.54) is 6.26 Å². The van der Waals surface area contributed by atoms with E-state index < -0.39 is 0 Å². The third-order valence-electron chi connectivity index (χ3n) is 4.31. The van der Waals surface area contributed by atoms with Crippen LogP contribution in [0, 0.1) is 17.0 Å². The maximum atomic E-state index is 11.4. The van der Waals surface area contributed by atoms with E-state index in [-0.39, 0.29) is 22.8 Å². The molecule has 23 heavy (non-hydrogen) atoms. The molecule has 1 aromatic carbocycles. The van der Waals surface area contributed by atoms with E-state index in [1.807, 2.05) is 6.07 Å². The topological polar surface area (TPSA) is 101 Å². The summed E-state index contributed by atoms with van der Waals surface area (Å²) >= 11 is 0. The highest BCUT2D eigenvalue weighted by molar-refractivity contribution is 5.74. The number of rotatable bonds is 4. The van der Waals surface area contributed by atoms with Crippen LogP contribution in [0.2, 0.25) is 0 Å². The number of nitrogens with one attached hydrogen (secondary N) is 1. The lowest BCUT2D eigenvalue weighted by Crippen LogP contribution is -2.28. The Morgan fingerprint density at radius 3 is 2.70 bits per heavy atom. The van der Waals surface area contributed by atoms with E-state index in [1.54, 1.807) is 19.1 Å². The van der Waals surface area contributed by atoms with Crippen molar-refractivity contribution in [1.82, 2.24) is 5.16 Å². The quantitative estimate of drug-likeness (QED) is 0.663. The molecule has 0 bridgehead atoms. The van der Waals surface area contributed by atoms with Crippen LogP contribution in [0.5, 0.6) is 0 Å². The van der Waals surface area contributed by atoms with Crippen LogP contribution < -0.4 is 5.32 Å². The molecule has 2 aromatic rings. The van der Waals surface area contributed by atoms with Crippen molar-refractivity contribution in [2.75, 3.05) is 5.32 Å². The molecule has 2 N–H and O–H groups in total. The van der Waals surface area contributed by atoms with E-state index in [0.717, 1.165) is 31.2 Å². The van der Waals surface area contributed by atoms with Crippen LogP contribution in [0.1, 0.15) is 31.4 Å². The Balaban J connectivity index is 1.86. The summed E-state index contributed by atoms with van der Waals surface area (Å²) in [6.45, 7) is 1.80. The van der Waals surface area contributed by atoms with Crippen molar-refractivity contribution in [2.45, 2.75) is 44.8 Å². The summed E-state index contributed by atoms with van der Waals surface area (Å²) in [5.41, 5.74) is 2.70. The molecule has 0 saturated heterocycles. The molecule has 1 fully saturated rings. The first kappa shape index (κ1) is 15.5. The van der Waals surface area contributed by atoms with Crippen LogP contribution >= 0.6 is 0 Å². The molecule has 7 nitrogen and oxygen atoms in total. The van der Waals surface area contributed by atoms with Gasteiger partial charge in [0.15, 0.2) is 0 Å². The number of anilines is 1. The van der Waals surface area contributed by atoms with Crippen LogP contribution in [0.15, 0.2) is 29.0 Å². The van der Waals surface area contributed by atoms with Crippen LogP contribution in [0.3, 0.4) is 0 Å². The zero-order chi connectivity index (χ0) is 16.4. The van der Waals surface area contributed by atoms with Gasteiger partial charge in [0.2, 0.25) is 0 Å². The van der Waals surface area contributed by atoms with Crippen molar-refractivity contribution in [3.63, 3.8) is 0 Å². The fourth-order valence-electron chi connectivity index (χ4n) is 2.98. The number of hydrogen-bond acceptors (Lipinski definition) is 6. The Kier molecular flexibility index (Phi) is 4.29. The lowest BCUT2D eigenvalue weighted by atomic mass is 9.93. The Morgan fingerprint density at radius 2 is 2.09 bits per heavy atom. The molecule has 1 aromatic heterocycles. The maximum Gasteiger partial charge on any atom is 0.292 e. The summed E-state index contributed by atoms with van der Waals surface area (Å²) < 4.78 is 4.90. The third-order valence-corrected chi connectivity index (χ3v) is 4.31. The van der Waals surface area contributed by atoms with E-state index in [9.17, 15) is 15.2 Å². The minimum absolute atomic E-state index is 0.0363. The van der Waals surface area contributed by atoms with Gasteiger partial charge in [-0.1, -0.05) is 11.2 Å². The zero-order valence-electron chi connectivity index (χ0n) is 12.9. The Hall–Kier alpha value is -2.41. The van der Waals surface area contributed by atoms with Crippen molar-refractivity contribution in [1.29, 1.82) is 0 Å². The number of nitrogens with zero attached hydrogens (tertiary/aromatic N) is 2. The van der Waals surface area contributed by atoms with Gasteiger partial charge in [0, 0.05) is 17.7 Å². The number of hydrogen-bond donors (Lipinski definition) is 2. The fourth-order valence-corrected chi connectivity index (χ4v) is 2.98. The second-order valence-electron chi connectivity index (χ2n) is 5.95. The highest BCUT2D eigenvalue weighted by atomic mass is 16.6. The maximum absolute atomic E-state index is 11.4. The third kappa shape index (κ3) is 3.34. The lowest BCUT2D eigenvalue weighted by molar-refractivity contribution is -0.383. The molecular formula is C16H19N3O4. The summed E-state index contributed by atoms with van der Waals surface area (Å²) in [6, 6.07) is 5.25. The number of aliphatic hydroxyl groups excluding tert-OH is 1. The molecule has 0 spiro atoms. The number of aryl methyl sites for hydroxylation is 1. The van der Waals surface area contributed by atoms with Crippen LogP contribution in [0.25, 0.3) is 11.1 Å². The number of aliphatic hydroxyl groups is 1. The second-order valence-corrected chi connectivity index (χ2v) is 5.95. The molecule has 1 aliphatic rings.